The second-order valence-electron chi connectivity index (χ2n) is 5.38. The molecule has 0 fully saturated rings. The Balaban J connectivity index is 1.76. The molecule has 0 aliphatic carbocycles. The third-order valence-electron chi connectivity index (χ3n) is 3.46. The molecule has 0 heterocycles. The van der Waals surface area contributed by atoms with Crippen molar-refractivity contribution in [2.24, 2.45) is 0 Å². The Bertz CT molecular complexity index is 804. The minimum Gasteiger partial charge on any atom is -0.493 e. The molecule has 0 unspecified atom stereocenters. The number of carbonyl (C=O) groups is 1. The highest BCUT2D eigenvalue weighted by atomic mass is 19.3. The number of hydrogen-bond donors (Lipinski definition) is 1. The molecule has 1 amide bonds. The molecule has 0 aromatic heterocycles. The van der Waals surface area contributed by atoms with Crippen LogP contribution in [0.4, 0.5) is 14.5 Å². The first-order chi connectivity index (χ1) is 13.0. The number of alkyl halides is 2. The smallest absolute Gasteiger partial charge is 0.387 e. The highest BCUT2D eigenvalue weighted by Crippen LogP contribution is 2.28. The summed E-state index contributed by atoms with van der Waals surface area (Å²) in [6.45, 7) is -2.60. The van der Waals surface area contributed by atoms with Crippen molar-refractivity contribution in [2.75, 3.05) is 19.0 Å². The molecule has 0 saturated carbocycles. The first-order valence-corrected chi connectivity index (χ1v) is 8.07. The number of ether oxygens (including phenoxy) is 3. The zero-order chi connectivity index (χ0) is 19.6. The number of nitrogens with zero attached hydrogens (tertiary/aromatic N) is 1. The molecule has 0 atom stereocenters. The molecule has 1 N–H and O–H groups in total. The van der Waals surface area contributed by atoms with Gasteiger partial charge in [-0.1, -0.05) is 0 Å². The lowest BCUT2D eigenvalue weighted by atomic mass is 10.2. The molecule has 142 valence electrons. The summed E-state index contributed by atoms with van der Waals surface area (Å²) in [7, 11) is 1.48. The summed E-state index contributed by atoms with van der Waals surface area (Å²) in [5.74, 6) is 0.733. The zero-order valence-corrected chi connectivity index (χ0v) is 14.6. The molecule has 0 saturated heterocycles. The average Bonchev–Trinajstić information content (AvgIpc) is 2.66. The molecule has 0 aliphatic rings. The van der Waals surface area contributed by atoms with Crippen molar-refractivity contribution in [3.8, 4) is 23.3 Å². The second kappa shape index (κ2) is 9.97. The van der Waals surface area contributed by atoms with Gasteiger partial charge in [-0.15, -0.1) is 0 Å². The van der Waals surface area contributed by atoms with Gasteiger partial charge in [-0.3, -0.25) is 4.79 Å². The fraction of sp³-hybridized carbons (Fsp3) is 0.263. The first-order valence-electron chi connectivity index (χ1n) is 8.07. The van der Waals surface area contributed by atoms with E-state index in [1.165, 1.54) is 31.4 Å². The van der Waals surface area contributed by atoms with Crippen LogP contribution in [0, 0.1) is 11.3 Å². The van der Waals surface area contributed by atoms with Gasteiger partial charge < -0.3 is 19.5 Å². The molecule has 6 nitrogen and oxygen atoms in total. The third kappa shape index (κ3) is 6.47. The summed E-state index contributed by atoms with van der Waals surface area (Å²) in [6, 6.07) is 12.5. The second-order valence-corrected chi connectivity index (χ2v) is 5.38. The quantitative estimate of drug-likeness (QED) is 0.670. The Hall–Kier alpha value is -3.34. The van der Waals surface area contributed by atoms with Gasteiger partial charge in [0.05, 0.1) is 25.3 Å². The summed E-state index contributed by atoms with van der Waals surface area (Å²) in [5.41, 5.74) is 0.944. The third-order valence-corrected chi connectivity index (χ3v) is 3.46. The number of anilines is 1. The van der Waals surface area contributed by atoms with Crippen LogP contribution < -0.4 is 19.5 Å². The van der Waals surface area contributed by atoms with Gasteiger partial charge in [0.15, 0.2) is 11.5 Å². The molecular weight excluding hydrogens is 358 g/mol. The fourth-order valence-corrected chi connectivity index (χ4v) is 2.21. The molecule has 0 bridgehead atoms. The highest BCUT2D eigenvalue weighted by molar-refractivity contribution is 5.90. The number of amides is 1. The number of halogens is 2. The maximum absolute atomic E-state index is 12.1. The Morgan fingerprint density at radius 3 is 2.56 bits per heavy atom. The maximum atomic E-state index is 12.1. The van der Waals surface area contributed by atoms with Crippen molar-refractivity contribution in [1.82, 2.24) is 0 Å². The van der Waals surface area contributed by atoms with E-state index in [1.54, 1.807) is 18.2 Å². The molecule has 0 aliphatic heterocycles. The molecule has 2 aromatic carbocycles. The topological polar surface area (TPSA) is 80.6 Å². The van der Waals surface area contributed by atoms with Crippen LogP contribution in [0.1, 0.15) is 18.4 Å². The number of nitrogens with one attached hydrogen (secondary N) is 1. The Labute approximate surface area is 155 Å². The zero-order valence-electron chi connectivity index (χ0n) is 14.6. The van der Waals surface area contributed by atoms with E-state index in [2.05, 4.69) is 10.1 Å². The summed E-state index contributed by atoms with van der Waals surface area (Å²) >= 11 is 0. The monoisotopic (exact) mass is 376 g/mol. The van der Waals surface area contributed by atoms with Crippen LogP contribution in [0.3, 0.4) is 0 Å². The van der Waals surface area contributed by atoms with Gasteiger partial charge in [-0.2, -0.15) is 14.0 Å². The maximum Gasteiger partial charge on any atom is 0.387 e. The summed E-state index contributed by atoms with van der Waals surface area (Å²) < 4.78 is 39.2. The largest absolute Gasteiger partial charge is 0.493 e. The SMILES string of the molecule is COc1cc(C#N)ccc1OCCCC(=O)Nc1ccc(OC(F)F)cc1. The van der Waals surface area contributed by atoms with Gasteiger partial charge in [-0.05, 0) is 42.8 Å². The molecule has 0 spiro atoms. The Morgan fingerprint density at radius 1 is 1.19 bits per heavy atom. The van der Waals surface area contributed by atoms with Gasteiger partial charge in [0.25, 0.3) is 0 Å². The number of nitriles is 1. The normalized spacial score (nSPS) is 10.2. The van der Waals surface area contributed by atoms with Crippen molar-refractivity contribution in [2.45, 2.75) is 19.5 Å². The van der Waals surface area contributed by atoms with Gasteiger partial charge in [0.2, 0.25) is 5.91 Å². The van der Waals surface area contributed by atoms with Crippen molar-refractivity contribution >= 4 is 11.6 Å². The van der Waals surface area contributed by atoms with E-state index in [0.29, 0.717) is 29.2 Å². The number of methoxy groups -OCH3 is 1. The van der Waals surface area contributed by atoms with E-state index in [-0.39, 0.29) is 24.7 Å². The summed E-state index contributed by atoms with van der Waals surface area (Å²) in [4.78, 5) is 11.9. The Morgan fingerprint density at radius 2 is 1.93 bits per heavy atom. The summed E-state index contributed by atoms with van der Waals surface area (Å²) in [5, 5.41) is 11.5. The lowest BCUT2D eigenvalue weighted by molar-refractivity contribution is -0.116. The molecule has 27 heavy (non-hydrogen) atoms. The van der Waals surface area contributed by atoms with Crippen molar-refractivity contribution in [1.29, 1.82) is 5.26 Å². The van der Waals surface area contributed by atoms with Crippen LogP contribution in [0.2, 0.25) is 0 Å². The van der Waals surface area contributed by atoms with Crippen LogP contribution in [-0.2, 0) is 4.79 Å². The molecule has 8 heteroatoms. The number of benzene rings is 2. The predicted octanol–water partition coefficient (Wildman–Crippen LogP) is 3.97. The van der Waals surface area contributed by atoms with E-state index >= 15 is 0 Å². The Kier molecular flexibility index (Phi) is 7.37. The van der Waals surface area contributed by atoms with Crippen molar-refractivity contribution in [3.05, 3.63) is 48.0 Å². The van der Waals surface area contributed by atoms with E-state index < -0.39 is 6.61 Å². The van der Waals surface area contributed by atoms with Crippen LogP contribution in [0.25, 0.3) is 0 Å². The standard InChI is InChI=1S/C19H18F2N2O4/c1-25-17-11-13(12-22)4-9-16(17)26-10-2-3-18(24)23-14-5-7-15(8-6-14)27-19(20)21/h4-9,11,19H,2-3,10H2,1H3,(H,23,24). The van der Waals surface area contributed by atoms with Gasteiger partial charge in [-0.25, -0.2) is 0 Å². The minimum absolute atomic E-state index is 0.0211. The number of carbonyl (C=O) groups excluding carboxylic acids is 1. The van der Waals surface area contributed by atoms with E-state index in [1.807, 2.05) is 6.07 Å². The lowest BCUT2D eigenvalue weighted by Gasteiger charge is -2.11. The van der Waals surface area contributed by atoms with Gasteiger partial charge >= 0.3 is 6.61 Å². The van der Waals surface area contributed by atoms with Crippen LogP contribution in [0.5, 0.6) is 17.2 Å². The van der Waals surface area contributed by atoms with Gasteiger partial charge in [0, 0.05) is 18.2 Å². The number of rotatable bonds is 9. The number of hydrogen-bond acceptors (Lipinski definition) is 5. The van der Waals surface area contributed by atoms with Crippen molar-refractivity contribution < 1.29 is 27.8 Å². The van der Waals surface area contributed by atoms with E-state index in [4.69, 9.17) is 14.7 Å². The van der Waals surface area contributed by atoms with Gasteiger partial charge in [0.1, 0.15) is 5.75 Å². The van der Waals surface area contributed by atoms with E-state index in [9.17, 15) is 13.6 Å². The lowest BCUT2D eigenvalue weighted by Crippen LogP contribution is -2.13. The molecule has 0 radical (unpaired) electrons. The van der Waals surface area contributed by atoms with Crippen molar-refractivity contribution in [3.63, 3.8) is 0 Å². The molecular formula is C19H18F2N2O4. The van der Waals surface area contributed by atoms with Crippen LogP contribution in [0.15, 0.2) is 42.5 Å². The molecule has 2 rings (SSSR count). The van der Waals surface area contributed by atoms with Crippen LogP contribution in [-0.4, -0.2) is 26.2 Å². The van der Waals surface area contributed by atoms with E-state index in [0.717, 1.165) is 0 Å². The predicted molar refractivity (Wildman–Crippen MR) is 94.1 cm³/mol. The fourth-order valence-electron chi connectivity index (χ4n) is 2.21. The molecule has 2 aromatic rings. The van der Waals surface area contributed by atoms with Crippen LogP contribution >= 0.6 is 0 Å². The summed E-state index contributed by atoms with van der Waals surface area (Å²) in [6.07, 6.45) is 0.676. The average molecular weight is 376 g/mol. The minimum atomic E-state index is -2.89. The first kappa shape index (κ1) is 20.0. The highest BCUT2D eigenvalue weighted by Gasteiger charge is 2.08.